The summed E-state index contributed by atoms with van der Waals surface area (Å²) in [5.74, 6) is 0.381. The van der Waals surface area contributed by atoms with E-state index in [1.807, 2.05) is 70.6 Å². The summed E-state index contributed by atoms with van der Waals surface area (Å²) < 4.78 is 0. The molecule has 1 aliphatic rings. The minimum Gasteiger partial charge on any atom is -0.295 e. The molecule has 0 N–H and O–H groups in total. The lowest BCUT2D eigenvalue weighted by molar-refractivity contribution is -0.111. The van der Waals surface area contributed by atoms with Crippen molar-refractivity contribution < 1.29 is 4.79 Å². The topological polar surface area (TPSA) is 35.9 Å². The lowest BCUT2D eigenvalue weighted by Gasteiger charge is -2.32. The van der Waals surface area contributed by atoms with Crippen LogP contribution in [0.25, 0.3) is 0 Å². The van der Waals surface area contributed by atoms with Crippen LogP contribution in [0.4, 0.5) is 11.4 Å². The minimum atomic E-state index is -0.227. The van der Waals surface area contributed by atoms with E-state index in [9.17, 15) is 4.79 Å². The lowest BCUT2D eigenvalue weighted by Crippen LogP contribution is -2.37. The Labute approximate surface area is 159 Å². The van der Waals surface area contributed by atoms with E-state index in [1.54, 1.807) is 6.92 Å². The molecule has 0 saturated heterocycles. The number of Topliss-reactive ketones (excluding diaryl/α,β-unsaturated/α-hetero) is 1. The molecule has 0 radical (unpaired) electrons. The van der Waals surface area contributed by atoms with Gasteiger partial charge in [0.2, 0.25) is 0 Å². The van der Waals surface area contributed by atoms with Crippen molar-refractivity contribution >= 4 is 23.0 Å². The number of benzene rings is 3. The molecule has 134 valence electrons. The van der Waals surface area contributed by atoms with Gasteiger partial charge in [-0.2, -0.15) is 0 Å². The third kappa shape index (κ3) is 3.22. The summed E-state index contributed by atoms with van der Waals surface area (Å²) in [5.41, 5.74) is 4.14. The van der Waals surface area contributed by atoms with Crippen molar-refractivity contribution in [3.8, 4) is 0 Å². The normalized spacial score (nSPS) is 16.4. The second-order valence-corrected chi connectivity index (χ2v) is 6.65. The number of ketones is 1. The molecule has 1 atom stereocenters. The van der Waals surface area contributed by atoms with E-state index in [0.717, 1.165) is 16.9 Å². The largest absolute Gasteiger partial charge is 0.295 e. The van der Waals surface area contributed by atoms with Gasteiger partial charge in [-0.1, -0.05) is 66.2 Å². The summed E-state index contributed by atoms with van der Waals surface area (Å²) in [6.07, 6.45) is -0.227. The summed E-state index contributed by atoms with van der Waals surface area (Å²) in [6.45, 7) is 3.62. The second kappa shape index (κ2) is 7.08. The van der Waals surface area contributed by atoms with Crippen molar-refractivity contribution in [2.45, 2.75) is 20.0 Å². The molecular formula is C23H21N3O. The van der Waals surface area contributed by atoms with E-state index in [0.29, 0.717) is 5.84 Å². The second-order valence-electron chi connectivity index (χ2n) is 6.65. The molecule has 0 spiro atoms. The minimum absolute atomic E-state index is 0.0602. The molecule has 1 unspecified atom stereocenters. The summed E-state index contributed by atoms with van der Waals surface area (Å²) in [4.78, 5) is 14.5. The predicted octanol–water partition coefficient (Wildman–Crippen LogP) is 4.92. The fraction of sp³-hybridized carbons (Fsp3) is 0.130. The number of carbonyl (C=O) groups is 1. The summed E-state index contributed by atoms with van der Waals surface area (Å²) in [7, 11) is 0. The monoisotopic (exact) mass is 355 g/mol. The first-order valence-corrected chi connectivity index (χ1v) is 9.00. The highest BCUT2D eigenvalue weighted by molar-refractivity contribution is 6.44. The average molecular weight is 355 g/mol. The molecule has 27 heavy (non-hydrogen) atoms. The van der Waals surface area contributed by atoms with Crippen molar-refractivity contribution in [3.63, 3.8) is 0 Å². The molecule has 4 rings (SSSR count). The number of anilines is 2. The summed E-state index contributed by atoms with van der Waals surface area (Å²) >= 11 is 0. The van der Waals surface area contributed by atoms with Gasteiger partial charge >= 0.3 is 0 Å². The first-order chi connectivity index (χ1) is 13.1. The molecule has 0 fully saturated rings. The number of para-hydroxylation sites is 1. The van der Waals surface area contributed by atoms with Gasteiger partial charge in [-0.15, -0.1) is 5.10 Å². The van der Waals surface area contributed by atoms with Crippen LogP contribution < -0.4 is 9.91 Å². The number of hydrogen-bond donors (Lipinski definition) is 0. The van der Waals surface area contributed by atoms with Crippen LogP contribution in [-0.2, 0) is 4.79 Å². The maximum atomic E-state index is 12.5. The fourth-order valence-corrected chi connectivity index (χ4v) is 3.33. The van der Waals surface area contributed by atoms with Crippen molar-refractivity contribution in [2.24, 2.45) is 5.10 Å². The molecule has 4 heteroatoms. The molecule has 0 aromatic heterocycles. The van der Waals surface area contributed by atoms with Crippen LogP contribution in [-0.4, -0.2) is 11.6 Å². The zero-order valence-corrected chi connectivity index (χ0v) is 15.4. The Hall–Kier alpha value is -3.40. The highest BCUT2D eigenvalue weighted by Gasteiger charge is 2.38. The van der Waals surface area contributed by atoms with Crippen molar-refractivity contribution in [2.75, 3.05) is 9.91 Å². The van der Waals surface area contributed by atoms with Crippen LogP contribution in [0.2, 0.25) is 0 Å². The van der Waals surface area contributed by atoms with Gasteiger partial charge in [-0.25, -0.2) is 5.01 Å². The highest BCUT2D eigenvalue weighted by atomic mass is 16.1. The lowest BCUT2D eigenvalue weighted by atomic mass is 10.1. The number of carbonyl (C=O) groups excluding carboxylic acids is 1. The molecule has 3 aromatic carbocycles. The van der Waals surface area contributed by atoms with Crippen molar-refractivity contribution in [1.29, 1.82) is 0 Å². The maximum absolute atomic E-state index is 12.5. The Balaban J connectivity index is 1.89. The number of nitrogens with zero attached hydrogens (tertiary/aromatic N) is 3. The molecular weight excluding hydrogens is 334 g/mol. The molecule has 0 aliphatic carbocycles. The SMILES string of the molecule is CC(=O)C1=NN(c2ccccc2)C(c2ccccc2)N1c1ccc(C)cc1. The van der Waals surface area contributed by atoms with Crippen LogP contribution in [0.1, 0.15) is 24.2 Å². The molecule has 1 aliphatic heterocycles. The maximum Gasteiger partial charge on any atom is 0.198 e. The quantitative estimate of drug-likeness (QED) is 0.666. The van der Waals surface area contributed by atoms with Gasteiger partial charge < -0.3 is 0 Å². The molecule has 0 amide bonds. The van der Waals surface area contributed by atoms with Crippen LogP contribution in [0.3, 0.4) is 0 Å². The van der Waals surface area contributed by atoms with Crippen LogP contribution >= 0.6 is 0 Å². The van der Waals surface area contributed by atoms with Gasteiger partial charge in [0.15, 0.2) is 17.8 Å². The molecule has 3 aromatic rings. The van der Waals surface area contributed by atoms with Gasteiger partial charge in [0.1, 0.15) is 0 Å². The number of hydrogen-bond acceptors (Lipinski definition) is 4. The van der Waals surface area contributed by atoms with Gasteiger partial charge in [-0.3, -0.25) is 9.69 Å². The first kappa shape index (κ1) is 17.0. The molecule has 0 saturated carbocycles. The predicted molar refractivity (Wildman–Crippen MR) is 110 cm³/mol. The standard InChI is InChI=1S/C23H21N3O/c1-17-13-15-20(16-14-17)25-22(18(2)27)24-26(21-11-7-4-8-12-21)23(25)19-9-5-3-6-10-19/h3-16,23H,1-2H3. The highest BCUT2D eigenvalue weighted by Crippen LogP contribution is 2.38. The van der Waals surface area contributed by atoms with Gasteiger partial charge in [0.05, 0.1) is 5.69 Å². The Morgan fingerprint density at radius 1 is 0.815 bits per heavy atom. The smallest absolute Gasteiger partial charge is 0.198 e. The Kier molecular flexibility index (Phi) is 4.47. The van der Waals surface area contributed by atoms with Crippen LogP contribution in [0.5, 0.6) is 0 Å². The number of rotatable bonds is 4. The zero-order chi connectivity index (χ0) is 18.8. The Morgan fingerprint density at radius 3 is 2.00 bits per heavy atom. The van der Waals surface area contributed by atoms with E-state index in [2.05, 4.69) is 31.2 Å². The molecule has 4 nitrogen and oxygen atoms in total. The van der Waals surface area contributed by atoms with E-state index < -0.39 is 0 Å². The van der Waals surface area contributed by atoms with E-state index in [4.69, 9.17) is 5.10 Å². The fourth-order valence-electron chi connectivity index (χ4n) is 3.33. The molecule has 1 heterocycles. The third-order valence-corrected chi connectivity index (χ3v) is 4.65. The van der Waals surface area contributed by atoms with E-state index in [-0.39, 0.29) is 11.9 Å². The first-order valence-electron chi connectivity index (χ1n) is 9.00. The third-order valence-electron chi connectivity index (χ3n) is 4.65. The summed E-state index contributed by atoms with van der Waals surface area (Å²) in [6, 6.07) is 28.3. The summed E-state index contributed by atoms with van der Waals surface area (Å²) in [5, 5.41) is 6.64. The van der Waals surface area contributed by atoms with Crippen molar-refractivity contribution in [3.05, 3.63) is 96.1 Å². The Bertz CT molecular complexity index is 966. The van der Waals surface area contributed by atoms with E-state index >= 15 is 0 Å². The number of hydrazone groups is 1. The van der Waals surface area contributed by atoms with Gasteiger partial charge in [-0.05, 0) is 36.8 Å². The van der Waals surface area contributed by atoms with Crippen molar-refractivity contribution in [1.82, 2.24) is 0 Å². The Morgan fingerprint density at radius 2 is 1.41 bits per heavy atom. The van der Waals surface area contributed by atoms with Crippen LogP contribution in [0, 0.1) is 6.92 Å². The molecule has 0 bridgehead atoms. The average Bonchev–Trinajstić information content (AvgIpc) is 3.11. The zero-order valence-electron chi connectivity index (χ0n) is 15.4. The van der Waals surface area contributed by atoms with E-state index in [1.165, 1.54) is 5.56 Å². The van der Waals surface area contributed by atoms with Gasteiger partial charge in [0.25, 0.3) is 0 Å². The van der Waals surface area contributed by atoms with Gasteiger partial charge in [0, 0.05) is 12.6 Å². The number of aryl methyl sites for hydroxylation is 1. The van der Waals surface area contributed by atoms with Crippen LogP contribution in [0.15, 0.2) is 90.0 Å². The number of amidine groups is 1.